The van der Waals surface area contributed by atoms with Gasteiger partial charge in [0.25, 0.3) is 0 Å². The molecule has 1 spiro atoms. The maximum Gasteiger partial charge on any atom is 0.322 e. The van der Waals surface area contributed by atoms with Gasteiger partial charge in [0.05, 0.1) is 29.7 Å². The first-order chi connectivity index (χ1) is 14.3. The van der Waals surface area contributed by atoms with E-state index in [9.17, 15) is 9.18 Å². The van der Waals surface area contributed by atoms with E-state index < -0.39 is 0 Å². The Morgan fingerprint density at radius 1 is 1.23 bits per heavy atom. The van der Waals surface area contributed by atoms with E-state index in [1.54, 1.807) is 30.3 Å². The molecule has 30 heavy (non-hydrogen) atoms. The molecule has 7 nitrogen and oxygen atoms in total. The van der Waals surface area contributed by atoms with Gasteiger partial charge < -0.3 is 10.6 Å². The second-order valence-corrected chi connectivity index (χ2v) is 8.65. The number of nitrogens with zero attached hydrogens (tertiary/aromatic N) is 4. The molecular weight excluding hydrogens is 383 g/mol. The molecule has 4 rings (SSSR count). The Balaban J connectivity index is 1.56. The summed E-state index contributed by atoms with van der Waals surface area (Å²) in [6, 6.07) is 6.79. The van der Waals surface area contributed by atoms with Crippen molar-refractivity contribution in [2.75, 3.05) is 37.9 Å². The molecule has 0 atom stereocenters. The standard InChI is InChI=1S/C22H29FN6O/c1-15-18(13-25-19(24-2)26-15)29-14-21(27-20(29)30)8-10-22(11-9-21,28(3)4)16-6-5-7-17(23)12-16/h5-7,12-13H,8-11,14H2,1-4H3,(H,27,30)(H,24,25,26). The van der Waals surface area contributed by atoms with Gasteiger partial charge in [0.15, 0.2) is 0 Å². The third-order valence-electron chi connectivity index (χ3n) is 6.80. The predicted octanol–water partition coefficient (Wildman–Crippen LogP) is 3.27. The van der Waals surface area contributed by atoms with Crippen LogP contribution in [0.15, 0.2) is 30.5 Å². The van der Waals surface area contributed by atoms with Gasteiger partial charge in [0, 0.05) is 12.6 Å². The number of anilines is 2. The molecule has 1 aliphatic carbocycles. The molecule has 2 aliphatic rings. The van der Waals surface area contributed by atoms with E-state index in [0.29, 0.717) is 12.5 Å². The fourth-order valence-corrected chi connectivity index (χ4v) is 4.95. The van der Waals surface area contributed by atoms with Gasteiger partial charge in [-0.05, 0) is 64.4 Å². The maximum atomic E-state index is 13.9. The number of carbonyl (C=O) groups excluding carboxylic acids is 1. The van der Waals surface area contributed by atoms with E-state index in [1.807, 2.05) is 27.1 Å². The quantitative estimate of drug-likeness (QED) is 0.806. The Labute approximate surface area is 176 Å². The first-order valence-electron chi connectivity index (χ1n) is 10.3. The van der Waals surface area contributed by atoms with Crippen LogP contribution in [0.1, 0.15) is 36.9 Å². The summed E-state index contributed by atoms with van der Waals surface area (Å²) in [6.45, 7) is 2.47. The largest absolute Gasteiger partial charge is 0.357 e. The summed E-state index contributed by atoms with van der Waals surface area (Å²) in [5, 5.41) is 6.16. The number of benzene rings is 1. The zero-order valence-corrected chi connectivity index (χ0v) is 18.0. The molecule has 1 saturated heterocycles. The molecule has 2 aromatic rings. The minimum atomic E-state index is -0.294. The molecule has 1 saturated carbocycles. The summed E-state index contributed by atoms with van der Waals surface area (Å²) in [7, 11) is 5.86. The van der Waals surface area contributed by atoms with Crippen LogP contribution in [0, 0.1) is 12.7 Å². The number of nitrogens with one attached hydrogen (secondary N) is 2. The maximum absolute atomic E-state index is 13.9. The van der Waals surface area contributed by atoms with Crippen LogP contribution in [0.2, 0.25) is 0 Å². The van der Waals surface area contributed by atoms with E-state index >= 15 is 0 Å². The molecule has 0 bridgehead atoms. The molecule has 160 valence electrons. The Bertz CT molecular complexity index is 954. The highest BCUT2D eigenvalue weighted by atomic mass is 19.1. The first-order valence-corrected chi connectivity index (χ1v) is 10.3. The lowest BCUT2D eigenvalue weighted by molar-refractivity contribution is 0.0655. The number of aryl methyl sites for hydroxylation is 1. The van der Waals surface area contributed by atoms with Crippen molar-refractivity contribution < 1.29 is 9.18 Å². The summed E-state index contributed by atoms with van der Waals surface area (Å²) in [5.41, 5.74) is 1.96. The third-order valence-corrected chi connectivity index (χ3v) is 6.80. The smallest absolute Gasteiger partial charge is 0.322 e. The van der Waals surface area contributed by atoms with Crippen LogP contribution in [0.4, 0.5) is 20.8 Å². The van der Waals surface area contributed by atoms with Crippen LogP contribution in [-0.4, -0.2) is 54.1 Å². The third kappa shape index (κ3) is 3.39. The zero-order chi connectivity index (χ0) is 21.5. The van der Waals surface area contributed by atoms with Crippen LogP contribution >= 0.6 is 0 Å². The SMILES string of the molecule is CNc1ncc(N2CC3(CCC(c4cccc(F)c4)(N(C)C)CC3)NC2=O)c(C)n1. The normalized spacial score (nSPS) is 26.3. The van der Waals surface area contributed by atoms with E-state index in [4.69, 9.17) is 0 Å². The van der Waals surface area contributed by atoms with E-state index in [2.05, 4.69) is 25.5 Å². The Morgan fingerprint density at radius 3 is 2.57 bits per heavy atom. The minimum Gasteiger partial charge on any atom is -0.357 e. The lowest BCUT2D eigenvalue weighted by Crippen LogP contribution is -2.54. The number of hydrogen-bond donors (Lipinski definition) is 2. The van der Waals surface area contributed by atoms with Gasteiger partial charge in [0.2, 0.25) is 5.95 Å². The summed E-state index contributed by atoms with van der Waals surface area (Å²) in [6.07, 6.45) is 5.01. The van der Waals surface area contributed by atoms with Crippen LogP contribution in [0.3, 0.4) is 0 Å². The molecule has 2 heterocycles. The summed E-state index contributed by atoms with van der Waals surface area (Å²) in [5.74, 6) is 0.323. The van der Waals surface area contributed by atoms with E-state index in [0.717, 1.165) is 42.6 Å². The van der Waals surface area contributed by atoms with Crippen molar-refractivity contribution >= 4 is 17.7 Å². The van der Waals surface area contributed by atoms with Gasteiger partial charge >= 0.3 is 6.03 Å². The zero-order valence-electron chi connectivity index (χ0n) is 18.0. The van der Waals surface area contributed by atoms with E-state index in [1.165, 1.54) is 6.07 Å². The Kier molecular flexibility index (Phi) is 5.13. The highest BCUT2D eigenvalue weighted by Crippen LogP contribution is 2.46. The fourth-order valence-electron chi connectivity index (χ4n) is 4.95. The molecule has 0 unspecified atom stereocenters. The van der Waals surface area contributed by atoms with Gasteiger partial charge in [-0.3, -0.25) is 9.80 Å². The van der Waals surface area contributed by atoms with Gasteiger partial charge in [-0.15, -0.1) is 0 Å². The Morgan fingerprint density at radius 2 is 1.97 bits per heavy atom. The van der Waals surface area contributed by atoms with Crippen molar-refractivity contribution in [3.63, 3.8) is 0 Å². The van der Waals surface area contributed by atoms with Gasteiger partial charge in [0.1, 0.15) is 5.82 Å². The lowest BCUT2D eigenvalue weighted by atomic mass is 9.69. The van der Waals surface area contributed by atoms with Crippen LogP contribution in [0.5, 0.6) is 0 Å². The van der Waals surface area contributed by atoms with Crippen molar-refractivity contribution in [3.05, 3.63) is 47.5 Å². The molecule has 1 aliphatic heterocycles. The predicted molar refractivity (Wildman–Crippen MR) is 115 cm³/mol. The van der Waals surface area contributed by atoms with Gasteiger partial charge in [-0.25, -0.2) is 19.2 Å². The molecule has 1 aromatic heterocycles. The van der Waals surface area contributed by atoms with Crippen molar-refractivity contribution in [3.8, 4) is 0 Å². The van der Waals surface area contributed by atoms with Crippen LogP contribution < -0.4 is 15.5 Å². The van der Waals surface area contributed by atoms with Crippen molar-refractivity contribution in [1.29, 1.82) is 0 Å². The molecule has 2 N–H and O–H groups in total. The summed E-state index contributed by atoms with van der Waals surface area (Å²) >= 11 is 0. The number of carbonyl (C=O) groups is 1. The second-order valence-electron chi connectivity index (χ2n) is 8.65. The topological polar surface area (TPSA) is 73.4 Å². The Hall–Kier alpha value is -2.74. The van der Waals surface area contributed by atoms with Gasteiger partial charge in [-0.1, -0.05) is 12.1 Å². The first kappa shape index (κ1) is 20.5. The lowest BCUT2D eigenvalue weighted by Gasteiger charge is -2.48. The number of hydrogen-bond acceptors (Lipinski definition) is 5. The fraction of sp³-hybridized carbons (Fsp3) is 0.500. The van der Waals surface area contributed by atoms with Crippen molar-refractivity contribution in [2.45, 2.75) is 43.7 Å². The summed E-state index contributed by atoms with van der Waals surface area (Å²) in [4.78, 5) is 25.5. The average Bonchev–Trinajstić information content (AvgIpc) is 3.04. The monoisotopic (exact) mass is 412 g/mol. The number of urea groups is 1. The minimum absolute atomic E-state index is 0.109. The van der Waals surface area contributed by atoms with Gasteiger partial charge in [-0.2, -0.15) is 0 Å². The molecule has 8 heteroatoms. The molecule has 2 amide bonds. The molecular formula is C22H29FN6O. The molecule has 1 aromatic carbocycles. The molecule has 2 fully saturated rings. The number of amides is 2. The second kappa shape index (κ2) is 7.50. The highest BCUT2D eigenvalue weighted by molar-refractivity contribution is 5.95. The summed E-state index contributed by atoms with van der Waals surface area (Å²) < 4.78 is 13.9. The average molecular weight is 413 g/mol. The molecule has 0 radical (unpaired) electrons. The highest BCUT2D eigenvalue weighted by Gasteiger charge is 2.50. The van der Waals surface area contributed by atoms with Crippen LogP contribution in [-0.2, 0) is 5.54 Å². The number of halogens is 1. The van der Waals surface area contributed by atoms with Crippen LogP contribution in [0.25, 0.3) is 0 Å². The number of aromatic nitrogens is 2. The van der Waals surface area contributed by atoms with Crippen molar-refractivity contribution in [2.24, 2.45) is 0 Å². The number of rotatable bonds is 4. The van der Waals surface area contributed by atoms with E-state index in [-0.39, 0.29) is 22.9 Å². The van der Waals surface area contributed by atoms with Crippen molar-refractivity contribution in [1.82, 2.24) is 20.2 Å².